The van der Waals surface area contributed by atoms with Crippen LogP contribution in [0.15, 0.2) is 54.6 Å². The summed E-state index contributed by atoms with van der Waals surface area (Å²) in [6, 6.07) is 14.8. The molecule has 3 rings (SSSR count). The van der Waals surface area contributed by atoms with Crippen LogP contribution in [0.2, 0.25) is 10.0 Å². The van der Waals surface area contributed by atoms with Crippen molar-refractivity contribution in [3.8, 4) is 0 Å². The van der Waals surface area contributed by atoms with Crippen LogP contribution in [0.4, 0.5) is 20.2 Å². The molecule has 3 aromatic rings. The molecule has 0 bridgehead atoms. The Balaban J connectivity index is 1.70. The van der Waals surface area contributed by atoms with Crippen molar-refractivity contribution in [1.29, 1.82) is 0 Å². The number of carbonyl (C=O) groups is 1. The van der Waals surface area contributed by atoms with Gasteiger partial charge in [-0.1, -0.05) is 41.4 Å². The number of benzene rings is 3. The van der Waals surface area contributed by atoms with Crippen molar-refractivity contribution < 1.29 is 18.7 Å². The molecule has 0 unspecified atom stereocenters. The van der Waals surface area contributed by atoms with Gasteiger partial charge in [-0.05, 0) is 60.4 Å². The van der Waals surface area contributed by atoms with Gasteiger partial charge in [-0.2, -0.15) is 0 Å². The summed E-state index contributed by atoms with van der Waals surface area (Å²) in [6.45, 7) is 0. The summed E-state index contributed by atoms with van der Waals surface area (Å²) in [7, 11) is 0. The lowest BCUT2D eigenvalue weighted by molar-refractivity contribution is 0.0692. The van der Waals surface area contributed by atoms with E-state index >= 15 is 0 Å². The number of anilines is 2. The van der Waals surface area contributed by atoms with Crippen LogP contribution >= 0.6 is 23.2 Å². The van der Waals surface area contributed by atoms with Crippen LogP contribution < -0.4 is 5.32 Å². The molecule has 2 N–H and O–H groups in total. The molecule has 7 heteroatoms. The second-order valence-electron chi connectivity index (χ2n) is 6.16. The number of carboxylic acids is 1. The van der Waals surface area contributed by atoms with Gasteiger partial charge in [0, 0.05) is 5.69 Å². The highest BCUT2D eigenvalue weighted by atomic mass is 35.5. The summed E-state index contributed by atoms with van der Waals surface area (Å²) in [5, 5.41) is 13.0. The van der Waals surface area contributed by atoms with Crippen LogP contribution in [-0.4, -0.2) is 11.1 Å². The number of aromatic carboxylic acids is 1. The monoisotopic (exact) mass is 421 g/mol. The Bertz CT molecular complexity index is 1020. The molecule has 0 saturated heterocycles. The Hall–Kier alpha value is -2.63. The van der Waals surface area contributed by atoms with E-state index in [4.69, 9.17) is 28.3 Å². The molecule has 28 heavy (non-hydrogen) atoms. The number of rotatable bonds is 6. The van der Waals surface area contributed by atoms with Gasteiger partial charge in [0.25, 0.3) is 0 Å². The van der Waals surface area contributed by atoms with E-state index in [-0.39, 0.29) is 5.69 Å². The highest BCUT2D eigenvalue weighted by Crippen LogP contribution is 2.26. The fraction of sp³-hybridized carbons (Fsp3) is 0.0952. The van der Waals surface area contributed by atoms with Crippen molar-refractivity contribution in [2.45, 2.75) is 12.8 Å². The predicted octanol–water partition coefficient (Wildman–Crippen LogP) is 6.50. The standard InChI is InChI=1S/C21H15Cl2F2NO2/c22-15-8-5-13(11-16(15)23)2-1-12-3-6-14(7-4-12)26-18-10-9-17(24)20(25)19(18)21(27)28/h3-11,26H,1-2H2,(H,27,28). The van der Waals surface area contributed by atoms with Crippen molar-refractivity contribution >= 4 is 40.5 Å². The average molecular weight is 422 g/mol. The van der Waals surface area contributed by atoms with Gasteiger partial charge >= 0.3 is 5.97 Å². The Morgan fingerprint density at radius 3 is 2.18 bits per heavy atom. The highest BCUT2D eigenvalue weighted by molar-refractivity contribution is 6.42. The normalized spacial score (nSPS) is 10.7. The zero-order chi connectivity index (χ0) is 20.3. The van der Waals surface area contributed by atoms with E-state index in [2.05, 4.69) is 5.32 Å². The molecule has 144 valence electrons. The van der Waals surface area contributed by atoms with E-state index in [0.717, 1.165) is 30.0 Å². The fourth-order valence-corrected chi connectivity index (χ4v) is 3.08. The summed E-state index contributed by atoms with van der Waals surface area (Å²) in [4.78, 5) is 11.2. The molecule has 0 saturated carbocycles. The first kappa shape index (κ1) is 20.1. The molecule has 0 heterocycles. The molecule has 0 aliphatic carbocycles. The highest BCUT2D eigenvalue weighted by Gasteiger charge is 2.19. The van der Waals surface area contributed by atoms with Crippen LogP contribution in [0, 0.1) is 11.6 Å². The minimum Gasteiger partial charge on any atom is -0.478 e. The molecular weight excluding hydrogens is 407 g/mol. The van der Waals surface area contributed by atoms with Gasteiger partial charge in [0.15, 0.2) is 11.6 Å². The maximum absolute atomic E-state index is 13.8. The third-order valence-corrected chi connectivity index (χ3v) is 4.97. The van der Waals surface area contributed by atoms with E-state index in [1.807, 2.05) is 24.3 Å². The van der Waals surface area contributed by atoms with E-state index in [9.17, 15) is 13.6 Å². The molecular formula is C21H15Cl2F2NO2. The van der Waals surface area contributed by atoms with Crippen molar-refractivity contribution in [2.75, 3.05) is 5.32 Å². The average Bonchev–Trinajstić information content (AvgIpc) is 2.66. The van der Waals surface area contributed by atoms with Gasteiger partial charge in [0.1, 0.15) is 5.56 Å². The Morgan fingerprint density at radius 2 is 1.54 bits per heavy atom. The number of carboxylic acid groups (broad SMARTS) is 1. The van der Waals surface area contributed by atoms with Crippen LogP contribution in [0.25, 0.3) is 0 Å². The Labute approximate surface area is 170 Å². The van der Waals surface area contributed by atoms with Crippen LogP contribution in [0.1, 0.15) is 21.5 Å². The second kappa shape index (κ2) is 8.59. The lowest BCUT2D eigenvalue weighted by Crippen LogP contribution is -2.07. The van der Waals surface area contributed by atoms with Crippen LogP contribution in [0.3, 0.4) is 0 Å². The van der Waals surface area contributed by atoms with E-state index in [0.29, 0.717) is 15.7 Å². The zero-order valence-electron chi connectivity index (χ0n) is 14.5. The van der Waals surface area contributed by atoms with Crippen molar-refractivity contribution in [3.05, 3.63) is 93.0 Å². The van der Waals surface area contributed by atoms with E-state index in [1.165, 1.54) is 6.07 Å². The first-order chi connectivity index (χ1) is 13.3. The summed E-state index contributed by atoms with van der Waals surface area (Å²) < 4.78 is 27.1. The molecule has 0 amide bonds. The topological polar surface area (TPSA) is 49.3 Å². The molecule has 0 aliphatic rings. The number of nitrogens with one attached hydrogen (secondary N) is 1. The Morgan fingerprint density at radius 1 is 0.893 bits per heavy atom. The quantitative estimate of drug-likeness (QED) is 0.477. The summed E-state index contributed by atoms with van der Waals surface area (Å²) in [5.74, 6) is -4.14. The summed E-state index contributed by atoms with van der Waals surface area (Å²) in [6.07, 6.45) is 1.54. The molecule has 3 aromatic carbocycles. The van der Waals surface area contributed by atoms with Gasteiger partial charge in [-0.25, -0.2) is 13.6 Å². The fourth-order valence-electron chi connectivity index (χ4n) is 2.76. The number of hydrogen-bond acceptors (Lipinski definition) is 2. The lowest BCUT2D eigenvalue weighted by atomic mass is 10.0. The SMILES string of the molecule is O=C(O)c1c(Nc2ccc(CCc3ccc(Cl)c(Cl)c3)cc2)ccc(F)c1F. The van der Waals surface area contributed by atoms with Gasteiger partial charge in [-0.15, -0.1) is 0 Å². The van der Waals surface area contributed by atoms with Gasteiger partial charge in [0.05, 0.1) is 15.7 Å². The predicted molar refractivity (Wildman–Crippen MR) is 107 cm³/mol. The van der Waals surface area contributed by atoms with Crippen LogP contribution in [0.5, 0.6) is 0 Å². The first-order valence-corrected chi connectivity index (χ1v) is 9.12. The third-order valence-electron chi connectivity index (χ3n) is 4.23. The minimum absolute atomic E-state index is 0.0186. The van der Waals surface area contributed by atoms with Crippen molar-refractivity contribution in [3.63, 3.8) is 0 Å². The van der Waals surface area contributed by atoms with E-state index in [1.54, 1.807) is 18.2 Å². The van der Waals surface area contributed by atoms with Gasteiger partial charge < -0.3 is 10.4 Å². The molecule has 0 radical (unpaired) electrons. The molecule has 0 fully saturated rings. The van der Waals surface area contributed by atoms with Crippen molar-refractivity contribution in [1.82, 2.24) is 0 Å². The molecule has 0 aromatic heterocycles. The zero-order valence-corrected chi connectivity index (χ0v) is 16.0. The number of aryl methyl sites for hydroxylation is 2. The molecule has 0 spiro atoms. The number of halogens is 4. The molecule has 0 atom stereocenters. The number of hydrogen-bond donors (Lipinski definition) is 2. The Kier molecular flexibility index (Phi) is 6.17. The smallest absolute Gasteiger partial charge is 0.340 e. The maximum atomic E-state index is 13.8. The third kappa shape index (κ3) is 4.61. The van der Waals surface area contributed by atoms with Crippen molar-refractivity contribution in [2.24, 2.45) is 0 Å². The second-order valence-corrected chi connectivity index (χ2v) is 6.97. The van der Waals surface area contributed by atoms with Crippen LogP contribution in [-0.2, 0) is 12.8 Å². The summed E-state index contributed by atoms with van der Waals surface area (Å²) >= 11 is 11.9. The first-order valence-electron chi connectivity index (χ1n) is 8.36. The maximum Gasteiger partial charge on any atom is 0.340 e. The van der Waals surface area contributed by atoms with E-state index < -0.39 is 23.2 Å². The lowest BCUT2D eigenvalue weighted by Gasteiger charge is -2.11. The largest absolute Gasteiger partial charge is 0.478 e. The summed E-state index contributed by atoms with van der Waals surface area (Å²) in [5.41, 5.74) is 1.93. The minimum atomic E-state index is -1.54. The molecule has 0 aliphatic heterocycles. The van der Waals surface area contributed by atoms with Gasteiger partial charge in [-0.3, -0.25) is 0 Å². The van der Waals surface area contributed by atoms with Gasteiger partial charge in [0.2, 0.25) is 0 Å². The molecule has 3 nitrogen and oxygen atoms in total.